The predicted octanol–water partition coefficient (Wildman–Crippen LogP) is 1.81. The third-order valence-electron chi connectivity index (χ3n) is 3.29. The molecule has 0 bridgehead atoms. The molecule has 1 aromatic rings. The first kappa shape index (κ1) is 16.3. The van der Waals surface area contributed by atoms with Gasteiger partial charge in [0.25, 0.3) is 5.91 Å². The van der Waals surface area contributed by atoms with Gasteiger partial charge in [-0.05, 0) is 24.1 Å². The van der Waals surface area contributed by atoms with Gasteiger partial charge in [-0.2, -0.15) is 0 Å². The monoisotopic (exact) mass is 297 g/mol. The quantitative estimate of drug-likeness (QED) is 0.725. The summed E-state index contributed by atoms with van der Waals surface area (Å²) in [6.45, 7) is 3.86. The fourth-order valence-corrected chi connectivity index (χ4v) is 1.97. The van der Waals surface area contributed by atoms with Gasteiger partial charge in [-0.25, -0.2) is 0 Å². The van der Waals surface area contributed by atoms with Gasteiger partial charge in [0, 0.05) is 17.8 Å². The molecule has 0 aromatic heterocycles. The van der Waals surface area contributed by atoms with E-state index in [1.165, 1.54) is 13.1 Å². The number of carbonyl (C=O) groups excluding carboxylic acids is 2. The van der Waals surface area contributed by atoms with E-state index < -0.39 is 11.9 Å². The first-order chi connectivity index (χ1) is 9.40. The molecule has 1 aromatic carbocycles. The van der Waals surface area contributed by atoms with Crippen molar-refractivity contribution in [3.8, 4) is 0 Å². The number of likely N-dealkylation sites (N-methyl/N-ethyl adjacent to an activating group) is 1. The maximum absolute atomic E-state index is 12.2. The zero-order chi connectivity index (χ0) is 15.3. The highest BCUT2D eigenvalue weighted by Gasteiger charge is 2.26. The molecule has 6 heteroatoms. The van der Waals surface area contributed by atoms with Crippen LogP contribution < -0.4 is 16.4 Å². The number of carbonyl (C=O) groups is 2. The SMILES string of the molecule is CC[C@H](C)[C@H](NC(=O)c1cc(Cl)ccc1N)C(=O)NC. The van der Waals surface area contributed by atoms with Gasteiger partial charge < -0.3 is 16.4 Å². The third kappa shape index (κ3) is 3.87. The van der Waals surface area contributed by atoms with E-state index in [-0.39, 0.29) is 17.4 Å². The average Bonchev–Trinajstić information content (AvgIpc) is 2.45. The molecule has 0 aliphatic carbocycles. The van der Waals surface area contributed by atoms with Gasteiger partial charge in [-0.1, -0.05) is 31.9 Å². The molecule has 0 saturated carbocycles. The molecule has 0 radical (unpaired) electrons. The van der Waals surface area contributed by atoms with E-state index in [1.807, 2.05) is 13.8 Å². The van der Waals surface area contributed by atoms with Crippen LogP contribution in [-0.4, -0.2) is 24.9 Å². The molecule has 110 valence electrons. The van der Waals surface area contributed by atoms with Crippen molar-refractivity contribution in [3.63, 3.8) is 0 Å². The summed E-state index contributed by atoms with van der Waals surface area (Å²) < 4.78 is 0. The van der Waals surface area contributed by atoms with Gasteiger partial charge in [-0.3, -0.25) is 9.59 Å². The highest BCUT2D eigenvalue weighted by molar-refractivity contribution is 6.31. The second kappa shape index (κ2) is 7.14. The van der Waals surface area contributed by atoms with Crippen LogP contribution >= 0.6 is 11.6 Å². The Bertz CT molecular complexity index is 505. The molecule has 20 heavy (non-hydrogen) atoms. The lowest BCUT2D eigenvalue weighted by Gasteiger charge is -2.23. The fourth-order valence-electron chi connectivity index (χ4n) is 1.80. The Morgan fingerprint density at radius 1 is 1.40 bits per heavy atom. The van der Waals surface area contributed by atoms with E-state index in [4.69, 9.17) is 17.3 Å². The number of hydrogen-bond acceptors (Lipinski definition) is 3. The first-order valence-corrected chi connectivity index (χ1v) is 6.86. The van der Waals surface area contributed by atoms with E-state index in [0.29, 0.717) is 10.7 Å². The maximum Gasteiger partial charge on any atom is 0.254 e. The Morgan fingerprint density at radius 2 is 2.05 bits per heavy atom. The van der Waals surface area contributed by atoms with Crippen molar-refractivity contribution in [2.24, 2.45) is 5.92 Å². The summed E-state index contributed by atoms with van der Waals surface area (Å²) in [5.41, 5.74) is 6.36. The summed E-state index contributed by atoms with van der Waals surface area (Å²) >= 11 is 5.86. The Balaban J connectivity index is 2.96. The number of benzene rings is 1. The average molecular weight is 298 g/mol. The normalized spacial score (nSPS) is 13.4. The van der Waals surface area contributed by atoms with Crippen molar-refractivity contribution >= 4 is 29.1 Å². The molecule has 1 rings (SSSR count). The van der Waals surface area contributed by atoms with Gasteiger partial charge in [0.15, 0.2) is 0 Å². The summed E-state index contributed by atoms with van der Waals surface area (Å²) in [5.74, 6) is -0.619. The third-order valence-corrected chi connectivity index (χ3v) is 3.52. The van der Waals surface area contributed by atoms with Crippen molar-refractivity contribution in [3.05, 3.63) is 28.8 Å². The van der Waals surface area contributed by atoms with Crippen LogP contribution in [-0.2, 0) is 4.79 Å². The summed E-state index contributed by atoms with van der Waals surface area (Å²) in [6.07, 6.45) is 0.767. The molecule has 5 nitrogen and oxygen atoms in total. The molecule has 0 aliphatic heterocycles. The zero-order valence-electron chi connectivity index (χ0n) is 11.9. The Hall–Kier alpha value is -1.75. The number of nitrogens with two attached hydrogens (primary N) is 1. The predicted molar refractivity (Wildman–Crippen MR) is 80.6 cm³/mol. The van der Waals surface area contributed by atoms with Crippen LogP contribution in [0.2, 0.25) is 5.02 Å². The lowest BCUT2D eigenvalue weighted by molar-refractivity contribution is -0.123. The van der Waals surface area contributed by atoms with Gasteiger partial charge in [0.1, 0.15) is 6.04 Å². The fraction of sp³-hybridized carbons (Fsp3) is 0.429. The van der Waals surface area contributed by atoms with Gasteiger partial charge >= 0.3 is 0 Å². The number of hydrogen-bond donors (Lipinski definition) is 3. The summed E-state index contributed by atoms with van der Waals surface area (Å²) in [6, 6.07) is 4.06. The molecule has 0 spiro atoms. The molecular weight excluding hydrogens is 278 g/mol. The molecule has 0 fully saturated rings. The van der Waals surface area contributed by atoms with Crippen molar-refractivity contribution < 1.29 is 9.59 Å². The number of nitrogen functional groups attached to an aromatic ring is 1. The summed E-state index contributed by atoms with van der Waals surface area (Å²) in [7, 11) is 1.54. The van der Waals surface area contributed by atoms with Crippen molar-refractivity contribution in [1.29, 1.82) is 0 Å². The van der Waals surface area contributed by atoms with Crippen molar-refractivity contribution in [2.75, 3.05) is 12.8 Å². The van der Waals surface area contributed by atoms with Gasteiger partial charge in [-0.15, -0.1) is 0 Å². The van der Waals surface area contributed by atoms with Gasteiger partial charge in [0.05, 0.1) is 5.56 Å². The van der Waals surface area contributed by atoms with E-state index in [2.05, 4.69) is 10.6 Å². The molecule has 0 saturated heterocycles. The van der Waals surface area contributed by atoms with E-state index in [0.717, 1.165) is 6.42 Å². The zero-order valence-corrected chi connectivity index (χ0v) is 12.6. The Kier molecular flexibility index (Phi) is 5.82. The molecular formula is C14H20ClN3O2. The first-order valence-electron chi connectivity index (χ1n) is 6.48. The second-order valence-corrected chi connectivity index (χ2v) is 5.12. The van der Waals surface area contributed by atoms with Crippen LogP contribution in [0.5, 0.6) is 0 Å². The topological polar surface area (TPSA) is 84.2 Å². The summed E-state index contributed by atoms with van der Waals surface area (Å²) in [4.78, 5) is 24.1. The highest BCUT2D eigenvalue weighted by atomic mass is 35.5. The van der Waals surface area contributed by atoms with Crippen LogP contribution in [0, 0.1) is 5.92 Å². The molecule has 0 aliphatic rings. The number of amides is 2. The minimum Gasteiger partial charge on any atom is -0.398 e. The van der Waals surface area contributed by atoms with E-state index in [9.17, 15) is 9.59 Å². The molecule has 2 amide bonds. The highest BCUT2D eigenvalue weighted by Crippen LogP contribution is 2.18. The number of nitrogens with one attached hydrogen (secondary N) is 2. The molecule has 0 heterocycles. The number of anilines is 1. The lowest BCUT2D eigenvalue weighted by Crippen LogP contribution is -2.49. The molecule has 2 atom stereocenters. The van der Waals surface area contributed by atoms with Gasteiger partial charge in [0.2, 0.25) is 5.91 Å². The lowest BCUT2D eigenvalue weighted by atomic mass is 9.98. The van der Waals surface area contributed by atoms with Crippen LogP contribution in [0.3, 0.4) is 0 Å². The molecule has 0 unspecified atom stereocenters. The van der Waals surface area contributed by atoms with Crippen LogP contribution in [0.4, 0.5) is 5.69 Å². The second-order valence-electron chi connectivity index (χ2n) is 4.68. The maximum atomic E-state index is 12.2. The Labute approximate surface area is 123 Å². The van der Waals surface area contributed by atoms with Crippen LogP contribution in [0.15, 0.2) is 18.2 Å². The smallest absolute Gasteiger partial charge is 0.254 e. The van der Waals surface area contributed by atoms with Crippen LogP contribution in [0.25, 0.3) is 0 Å². The minimum absolute atomic E-state index is 0.0132. The van der Waals surface area contributed by atoms with Crippen molar-refractivity contribution in [1.82, 2.24) is 10.6 Å². The van der Waals surface area contributed by atoms with Crippen LogP contribution in [0.1, 0.15) is 30.6 Å². The minimum atomic E-state index is -0.601. The van der Waals surface area contributed by atoms with E-state index in [1.54, 1.807) is 12.1 Å². The Morgan fingerprint density at radius 3 is 2.60 bits per heavy atom. The standard InChI is InChI=1S/C14H20ClN3O2/c1-4-8(2)12(14(20)17-3)18-13(19)10-7-9(15)5-6-11(10)16/h5-8,12H,4,16H2,1-3H3,(H,17,20)(H,18,19)/t8-,12-/m0/s1. The number of rotatable bonds is 5. The van der Waals surface area contributed by atoms with E-state index >= 15 is 0 Å². The largest absolute Gasteiger partial charge is 0.398 e. The van der Waals surface area contributed by atoms with Crippen molar-refractivity contribution in [2.45, 2.75) is 26.3 Å². The number of halogens is 1. The summed E-state index contributed by atoms with van der Waals surface area (Å²) in [5, 5.41) is 5.69. The molecule has 4 N–H and O–H groups in total.